The molecule has 0 spiro atoms. The predicted octanol–water partition coefficient (Wildman–Crippen LogP) is 2.26. The molecule has 0 radical (unpaired) electrons. The lowest BCUT2D eigenvalue weighted by Crippen LogP contribution is -2.20. The lowest BCUT2D eigenvalue weighted by Gasteiger charge is -2.14. The molecule has 1 saturated carbocycles. The van der Waals surface area contributed by atoms with Crippen molar-refractivity contribution in [1.82, 2.24) is 10.1 Å². The first kappa shape index (κ1) is 13.5. The predicted molar refractivity (Wildman–Crippen MR) is 66.0 cm³/mol. The summed E-state index contributed by atoms with van der Waals surface area (Å²) in [6.45, 7) is 4.45. The van der Waals surface area contributed by atoms with Gasteiger partial charge < -0.3 is 14.4 Å². The van der Waals surface area contributed by atoms with E-state index in [1.807, 2.05) is 13.8 Å². The third kappa shape index (κ3) is 3.29. The topological polar surface area (TPSA) is 68.4 Å². The highest BCUT2D eigenvalue weighted by molar-refractivity contribution is 4.92. The van der Waals surface area contributed by atoms with Crippen LogP contribution in [0.1, 0.15) is 57.3 Å². The van der Waals surface area contributed by atoms with Gasteiger partial charge in [0.2, 0.25) is 5.89 Å². The molecule has 1 aromatic rings. The number of hydrogen-bond acceptors (Lipinski definition) is 5. The van der Waals surface area contributed by atoms with Gasteiger partial charge in [0, 0.05) is 6.61 Å². The molecule has 2 atom stereocenters. The zero-order chi connectivity index (χ0) is 13.0. The lowest BCUT2D eigenvalue weighted by molar-refractivity contribution is 0.0683. The fourth-order valence-corrected chi connectivity index (χ4v) is 2.53. The van der Waals surface area contributed by atoms with Crippen LogP contribution in [0.3, 0.4) is 0 Å². The van der Waals surface area contributed by atoms with Crippen LogP contribution in [0.2, 0.25) is 0 Å². The van der Waals surface area contributed by atoms with Crippen LogP contribution in [0, 0.1) is 5.92 Å². The summed E-state index contributed by atoms with van der Waals surface area (Å²) in [5.41, 5.74) is 0. The number of rotatable bonds is 6. The van der Waals surface area contributed by atoms with Gasteiger partial charge in [-0.3, -0.25) is 0 Å². The molecule has 1 fully saturated rings. The fraction of sp³-hybridized carbons (Fsp3) is 0.846. The van der Waals surface area contributed by atoms with Crippen molar-refractivity contribution in [2.75, 3.05) is 6.61 Å². The minimum Gasteiger partial charge on any atom is -0.392 e. The summed E-state index contributed by atoms with van der Waals surface area (Å²) in [6, 6.07) is 0. The molecule has 0 aromatic carbocycles. The quantitative estimate of drug-likeness (QED) is 0.843. The Kier molecular flexibility index (Phi) is 4.72. The van der Waals surface area contributed by atoms with E-state index in [0.29, 0.717) is 30.7 Å². The summed E-state index contributed by atoms with van der Waals surface area (Å²) < 4.78 is 10.6. The van der Waals surface area contributed by atoms with Crippen molar-refractivity contribution >= 4 is 0 Å². The second-order valence-electron chi connectivity index (χ2n) is 4.96. The first-order valence-corrected chi connectivity index (χ1v) is 6.82. The highest BCUT2D eigenvalue weighted by Gasteiger charge is 2.25. The summed E-state index contributed by atoms with van der Waals surface area (Å²) in [5, 5.41) is 14.0. The van der Waals surface area contributed by atoms with Crippen LogP contribution < -0.4 is 0 Å². The van der Waals surface area contributed by atoms with Crippen LogP contribution in [0.15, 0.2) is 4.52 Å². The number of aromatic nitrogens is 2. The van der Waals surface area contributed by atoms with Gasteiger partial charge in [0.1, 0.15) is 6.10 Å². The van der Waals surface area contributed by atoms with Gasteiger partial charge in [-0.05, 0) is 32.6 Å². The molecule has 0 amide bonds. The monoisotopic (exact) mass is 254 g/mol. The molecule has 0 aliphatic heterocycles. The van der Waals surface area contributed by atoms with E-state index in [1.165, 1.54) is 12.8 Å². The summed E-state index contributed by atoms with van der Waals surface area (Å²) in [5.74, 6) is 1.46. The maximum Gasteiger partial charge on any atom is 0.229 e. The number of ether oxygens (including phenoxy) is 1. The Bertz CT molecular complexity index is 361. The summed E-state index contributed by atoms with van der Waals surface area (Å²) in [7, 11) is 0. The Morgan fingerprint density at radius 3 is 2.83 bits per heavy atom. The lowest BCUT2D eigenvalue weighted by atomic mass is 9.98. The SMILES string of the molecule is CCOC(C)c1noc(CC(O)C2CCCC2)n1. The fourth-order valence-electron chi connectivity index (χ4n) is 2.53. The summed E-state index contributed by atoms with van der Waals surface area (Å²) in [6.07, 6.45) is 4.60. The first-order chi connectivity index (χ1) is 8.70. The van der Waals surface area contributed by atoms with Crippen LogP contribution in [0.25, 0.3) is 0 Å². The van der Waals surface area contributed by atoms with Gasteiger partial charge >= 0.3 is 0 Å². The number of nitrogens with zero attached hydrogens (tertiary/aromatic N) is 2. The molecule has 0 bridgehead atoms. The zero-order valence-electron chi connectivity index (χ0n) is 11.1. The Labute approximate surface area is 108 Å². The molecule has 1 aliphatic carbocycles. The van der Waals surface area contributed by atoms with E-state index in [-0.39, 0.29) is 12.2 Å². The van der Waals surface area contributed by atoms with Crippen molar-refractivity contribution in [3.8, 4) is 0 Å². The standard InChI is InChI=1S/C13H22N2O3/c1-3-17-9(2)13-14-12(18-15-13)8-11(16)10-6-4-5-7-10/h9-11,16H,3-8H2,1-2H3. The largest absolute Gasteiger partial charge is 0.392 e. The second kappa shape index (κ2) is 6.29. The van der Waals surface area contributed by atoms with E-state index in [9.17, 15) is 5.11 Å². The average Bonchev–Trinajstić information content (AvgIpc) is 2.99. The van der Waals surface area contributed by atoms with Crippen LogP contribution in [-0.4, -0.2) is 28.0 Å². The molecule has 18 heavy (non-hydrogen) atoms. The van der Waals surface area contributed by atoms with Crippen molar-refractivity contribution in [1.29, 1.82) is 0 Å². The number of aliphatic hydroxyl groups is 1. The smallest absolute Gasteiger partial charge is 0.229 e. The third-order valence-electron chi connectivity index (χ3n) is 3.59. The van der Waals surface area contributed by atoms with Crippen LogP contribution in [-0.2, 0) is 11.2 Å². The minimum atomic E-state index is -0.358. The maximum atomic E-state index is 10.1. The zero-order valence-corrected chi connectivity index (χ0v) is 11.1. The number of aliphatic hydroxyl groups excluding tert-OH is 1. The molecule has 2 unspecified atom stereocenters. The molecule has 102 valence electrons. The molecule has 5 nitrogen and oxygen atoms in total. The molecule has 0 saturated heterocycles. The van der Waals surface area contributed by atoms with E-state index >= 15 is 0 Å². The number of hydrogen-bond donors (Lipinski definition) is 1. The van der Waals surface area contributed by atoms with E-state index < -0.39 is 0 Å². The van der Waals surface area contributed by atoms with Gasteiger partial charge in [0.15, 0.2) is 5.82 Å². The Balaban J connectivity index is 1.89. The molecule has 1 heterocycles. The van der Waals surface area contributed by atoms with Gasteiger partial charge in [-0.25, -0.2) is 0 Å². The average molecular weight is 254 g/mol. The van der Waals surface area contributed by atoms with Crippen LogP contribution >= 0.6 is 0 Å². The highest BCUT2D eigenvalue weighted by atomic mass is 16.5. The van der Waals surface area contributed by atoms with Gasteiger partial charge in [-0.2, -0.15) is 4.98 Å². The van der Waals surface area contributed by atoms with Crippen LogP contribution in [0.5, 0.6) is 0 Å². The van der Waals surface area contributed by atoms with E-state index in [2.05, 4.69) is 10.1 Å². The maximum absolute atomic E-state index is 10.1. The summed E-state index contributed by atoms with van der Waals surface area (Å²) >= 11 is 0. The Hall–Kier alpha value is -0.940. The normalized spacial score (nSPS) is 20.2. The van der Waals surface area contributed by atoms with Crippen molar-refractivity contribution in [2.24, 2.45) is 5.92 Å². The van der Waals surface area contributed by atoms with Gasteiger partial charge in [-0.15, -0.1) is 0 Å². The minimum absolute atomic E-state index is 0.156. The highest BCUT2D eigenvalue weighted by Crippen LogP contribution is 2.29. The summed E-state index contributed by atoms with van der Waals surface area (Å²) in [4.78, 5) is 4.28. The second-order valence-corrected chi connectivity index (χ2v) is 4.96. The molecule has 1 aliphatic rings. The Morgan fingerprint density at radius 2 is 2.17 bits per heavy atom. The van der Waals surface area contributed by atoms with E-state index in [1.54, 1.807) is 0 Å². The first-order valence-electron chi connectivity index (χ1n) is 6.82. The van der Waals surface area contributed by atoms with Crippen molar-refractivity contribution < 1.29 is 14.4 Å². The van der Waals surface area contributed by atoms with Crippen molar-refractivity contribution in [3.63, 3.8) is 0 Å². The molecular weight excluding hydrogens is 232 g/mol. The van der Waals surface area contributed by atoms with E-state index in [0.717, 1.165) is 12.8 Å². The van der Waals surface area contributed by atoms with E-state index in [4.69, 9.17) is 9.26 Å². The molecule has 1 aromatic heterocycles. The van der Waals surface area contributed by atoms with Gasteiger partial charge in [-0.1, -0.05) is 18.0 Å². The molecule has 5 heteroatoms. The van der Waals surface area contributed by atoms with Crippen molar-refractivity contribution in [2.45, 2.75) is 58.2 Å². The Morgan fingerprint density at radius 1 is 1.44 bits per heavy atom. The van der Waals surface area contributed by atoms with Crippen LogP contribution in [0.4, 0.5) is 0 Å². The third-order valence-corrected chi connectivity index (χ3v) is 3.59. The molecular formula is C13H22N2O3. The van der Waals surface area contributed by atoms with Gasteiger partial charge in [0.05, 0.1) is 12.5 Å². The molecule has 2 rings (SSSR count). The van der Waals surface area contributed by atoms with Gasteiger partial charge in [0.25, 0.3) is 0 Å². The molecule has 1 N–H and O–H groups in total. The van der Waals surface area contributed by atoms with Crippen molar-refractivity contribution in [3.05, 3.63) is 11.7 Å².